The Kier molecular flexibility index (Phi) is 4.06. The average molecular weight is 353 g/mol. The second-order valence-corrected chi connectivity index (χ2v) is 6.71. The molecule has 0 aliphatic carbocycles. The quantitative estimate of drug-likeness (QED) is 0.710. The Labute approximate surface area is 150 Å². The lowest BCUT2D eigenvalue weighted by Gasteiger charge is -2.15. The number of aromatic nitrogens is 1. The van der Waals surface area contributed by atoms with Crippen LogP contribution in [-0.4, -0.2) is 16.4 Å². The Hall–Kier alpha value is -2.59. The van der Waals surface area contributed by atoms with Gasteiger partial charge in [0.15, 0.2) is 6.10 Å². The predicted molar refractivity (Wildman–Crippen MR) is 100 cm³/mol. The van der Waals surface area contributed by atoms with Gasteiger partial charge < -0.3 is 9.40 Å². The molecule has 2 aromatic carbocycles. The number of fused-ring (bicyclic) bond motifs is 1. The zero-order chi connectivity index (χ0) is 17.4. The van der Waals surface area contributed by atoms with E-state index in [0.29, 0.717) is 18.0 Å². The minimum Gasteiger partial charge on any atom is -0.390 e. The third-order valence-electron chi connectivity index (χ3n) is 4.52. The molecule has 4 nitrogen and oxygen atoms in total. The van der Waals surface area contributed by atoms with Crippen molar-refractivity contribution in [3.05, 3.63) is 81.1 Å². The first-order valence-corrected chi connectivity index (χ1v) is 8.57. The van der Waals surface area contributed by atoms with E-state index in [0.717, 1.165) is 27.7 Å². The van der Waals surface area contributed by atoms with Crippen molar-refractivity contribution in [2.24, 2.45) is 5.16 Å². The van der Waals surface area contributed by atoms with Crippen molar-refractivity contribution in [2.75, 3.05) is 0 Å². The van der Waals surface area contributed by atoms with E-state index in [1.165, 1.54) is 0 Å². The van der Waals surface area contributed by atoms with E-state index in [1.54, 1.807) is 10.6 Å². The fourth-order valence-corrected chi connectivity index (χ4v) is 3.36. The predicted octanol–water partition coefficient (Wildman–Crippen LogP) is 4.16. The molecule has 0 spiro atoms. The topological polar surface area (TPSA) is 43.6 Å². The summed E-state index contributed by atoms with van der Waals surface area (Å²) in [4.78, 5) is 18.1. The molecule has 0 bridgehead atoms. The zero-order valence-corrected chi connectivity index (χ0v) is 14.5. The van der Waals surface area contributed by atoms with Gasteiger partial charge in [-0.05, 0) is 36.2 Å². The van der Waals surface area contributed by atoms with Crippen LogP contribution in [0.15, 0.2) is 64.5 Å². The molecule has 0 N–H and O–H groups in total. The maximum Gasteiger partial charge on any atom is 0.251 e. The minimum atomic E-state index is -0.158. The molecule has 1 aliphatic heterocycles. The second kappa shape index (κ2) is 6.37. The van der Waals surface area contributed by atoms with Crippen LogP contribution in [-0.2, 0) is 11.4 Å². The average Bonchev–Trinajstić information content (AvgIpc) is 3.08. The van der Waals surface area contributed by atoms with Crippen molar-refractivity contribution in [3.8, 4) is 0 Å². The number of oxime groups is 1. The number of para-hydroxylation sites is 1. The Bertz CT molecular complexity index is 1020. The van der Waals surface area contributed by atoms with E-state index in [2.05, 4.69) is 5.16 Å². The molecule has 0 saturated heterocycles. The lowest BCUT2D eigenvalue weighted by atomic mass is 10.0. The molecule has 4 rings (SSSR count). The van der Waals surface area contributed by atoms with Crippen molar-refractivity contribution in [1.82, 2.24) is 4.57 Å². The van der Waals surface area contributed by atoms with Gasteiger partial charge in [0.2, 0.25) is 0 Å². The van der Waals surface area contributed by atoms with Crippen LogP contribution in [0.4, 0.5) is 0 Å². The maximum absolute atomic E-state index is 12.5. The number of pyridine rings is 1. The molecular formula is C20H17ClN2O2. The molecule has 0 amide bonds. The van der Waals surface area contributed by atoms with Gasteiger partial charge in [-0.1, -0.05) is 47.1 Å². The van der Waals surface area contributed by atoms with Gasteiger partial charge in [-0.3, -0.25) is 4.79 Å². The molecular weight excluding hydrogens is 336 g/mol. The smallest absolute Gasteiger partial charge is 0.251 e. The summed E-state index contributed by atoms with van der Waals surface area (Å²) in [7, 11) is 0. The Morgan fingerprint density at radius 2 is 1.96 bits per heavy atom. The van der Waals surface area contributed by atoms with Crippen molar-refractivity contribution in [3.63, 3.8) is 0 Å². The molecule has 126 valence electrons. The van der Waals surface area contributed by atoms with E-state index >= 15 is 0 Å². The first-order chi connectivity index (χ1) is 12.1. The minimum absolute atomic E-state index is 0.0141. The fourth-order valence-electron chi connectivity index (χ4n) is 3.23. The van der Waals surface area contributed by atoms with Crippen molar-refractivity contribution in [1.29, 1.82) is 0 Å². The van der Waals surface area contributed by atoms with Gasteiger partial charge >= 0.3 is 0 Å². The van der Waals surface area contributed by atoms with E-state index in [9.17, 15) is 4.79 Å². The monoisotopic (exact) mass is 352 g/mol. The fraction of sp³-hybridized carbons (Fsp3) is 0.200. The number of rotatable bonds is 3. The lowest BCUT2D eigenvalue weighted by molar-refractivity contribution is 0.0727. The molecule has 0 fully saturated rings. The number of hydrogen-bond donors (Lipinski definition) is 0. The van der Waals surface area contributed by atoms with Gasteiger partial charge in [-0.15, -0.1) is 0 Å². The maximum atomic E-state index is 12.5. The van der Waals surface area contributed by atoms with Gasteiger partial charge in [0.05, 0.1) is 17.8 Å². The third-order valence-corrected chi connectivity index (χ3v) is 4.77. The first-order valence-electron chi connectivity index (χ1n) is 8.19. The highest BCUT2D eigenvalue weighted by Crippen LogP contribution is 2.21. The molecule has 0 unspecified atom stereocenters. The molecule has 1 atom stereocenters. The molecule has 0 saturated carbocycles. The van der Waals surface area contributed by atoms with E-state index in [1.807, 2.05) is 55.5 Å². The largest absolute Gasteiger partial charge is 0.390 e. The summed E-state index contributed by atoms with van der Waals surface area (Å²) in [5, 5.41) is 5.97. The van der Waals surface area contributed by atoms with Crippen molar-refractivity contribution >= 4 is 28.2 Å². The third kappa shape index (κ3) is 3.05. The molecule has 3 aromatic rings. The summed E-state index contributed by atoms with van der Waals surface area (Å²) < 4.78 is 1.77. The summed E-state index contributed by atoms with van der Waals surface area (Å²) in [6, 6.07) is 17.2. The SMILES string of the molecule is Cc1cc(=O)n(C[C@H]2CC(c3ccc(Cl)cc3)=NO2)c2ccccc12. The highest BCUT2D eigenvalue weighted by Gasteiger charge is 2.23. The standard InChI is InChI=1S/C20H17ClN2O2/c1-13-10-20(24)23(19-5-3-2-4-17(13)19)12-16-11-18(22-25-16)14-6-8-15(21)9-7-14/h2-10,16H,11-12H2,1H3/t16-/m1/s1. The van der Waals surface area contributed by atoms with Crippen LogP contribution < -0.4 is 5.56 Å². The van der Waals surface area contributed by atoms with Gasteiger partial charge in [-0.2, -0.15) is 0 Å². The van der Waals surface area contributed by atoms with E-state index < -0.39 is 0 Å². The zero-order valence-electron chi connectivity index (χ0n) is 13.8. The van der Waals surface area contributed by atoms with E-state index in [4.69, 9.17) is 16.4 Å². The van der Waals surface area contributed by atoms with Crippen LogP contribution in [0, 0.1) is 6.92 Å². The van der Waals surface area contributed by atoms with Crippen LogP contribution in [0.2, 0.25) is 5.02 Å². The molecule has 1 aliphatic rings. The molecule has 5 heteroatoms. The Morgan fingerprint density at radius 3 is 2.76 bits per heavy atom. The van der Waals surface area contributed by atoms with E-state index in [-0.39, 0.29) is 11.7 Å². The molecule has 0 radical (unpaired) electrons. The van der Waals surface area contributed by atoms with Crippen LogP contribution in [0.1, 0.15) is 17.5 Å². The number of halogens is 1. The van der Waals surface area contributed by atoms with Gasteiger partial charge in [0.25, 0.3) is 5.56 Å². The van der Waals surface area contributed by atoms with Crippen molar-refractivity contribution < 1.29 is 4.84 Å². The Morgan fingerprint density at radius 1 is 1.20 bits per heavy atom. The normalized spacial score (nSPS) is 16.7. The van der Waals surface area contributed by atoms with Gasteiger partial charge in [0, 0.05) is 22.9 Å². The van der Waals surface area contributed by atoms with Crippen LogP contribution in [0.3, 0.4) is 0 Å². The number of nitrogens with zero attached hydrogens (tertiary/aromatic N) is 2. The first kappa shape index (κ1) is 15.9. The van der Waals surface area contributed by atoms with Gasteiger partial charge in [-0.25, -0.2) is 0 Å². The van der Waals surface area contributed by atoms with Crippen molar-refractivity contribution in [2.45, 2.75) is 26.0 Å². The second-order valence-electron chi connectivity index (χ2n) is 6.27. The summed E-state index contributed by atoms with van der Waals surface area (Å²) in [5.74, 6) is 0. The number of benzene rings is 2. The van der Waals surface area contributed by atoms with Crippen LogP contribution in [0.5, 0.6) is 0 Å². The van der Waals surface area contributed by atoms with Crippen LogP contribution >= 0.6 is 11.6 Å². The number of hydrogen-bond acceptors (Lipinski definition) is 3. The summed E-state index contributed by atoms with van der Waals surface area (Å²) in [6.45, 7) is 2.43. The molecule has 25 heavy (non-hydrogen) atoms. The van der Waals surface area contributed by atoms with Gasteiger partial charge in [0.1, 0.15) is 0 Å². The number of aryl methyl sites for hydroxylation is 1. The summed E-state index contributed by atoms with van der Waals surface area (Å²) in [5.41, 5.74) is 3.78. The highest BCUT2D eigenvalue weighted by atomic mass is 35.5. The lowest BCUT2D eigenvalue weighted by Crippen LogP contribution is -2.27. The molecule has 1 aromatic heterocycles. The summed E-state index contributed by atoms with van der Waals surface area (Å²) in [6.07, 6.45) is 0.505. The molecule has 2 heterocycles. The van der Waals surface area contributed by atoms with Crippen LogP contribution in [0.25, 0.3) is 10.9 Å². The summed E-state index contributed by atoms with van der Waals surface area (Å²) >= 11 is 5.93. The Balaban J connectivity index is 1.60. The highest BCUT2D eigenvalue weighted by molar-refractivity contribution is 6.30.